The van der Waals surface area contributed by atoms with Crippen molar-refractivity contribution in [2.24, 2.45) is 10.9 Å². The Kier molecular flexibility index (Phi) is 9.63. The van der Waals surface area contributed by atoms with Crippen LogP contribution in [0.5, 0.6) is 0 Å². The lowest BCUT2D eigenvalue weighted by Gasteiger charge is -2.39. The second-order valence-corrected chi connectivity index (χ2v) is 10.6. The smallest absolute Gasteiger partial charge is 0.193 e. The van der Waals surface area contributed by atoms with Crippen molar-refractivity contribution in [1.29, 1.82) is 0 Å². The van der Waals surface area contributed by atoms with E-state index >= 15 is 0 Å². The number of halogens is 1. The molecule has 0 saturated carbocycles. The number of aliphatic imine (C=N–C) groups is 1. The van der Waals surface area contributed by atoms with E-state index in [9.17, 15) is 8.42 Å². The van der Waals surface area contributed by atoms with E-state index in [0.717, 1.165) is 37.9 Å². The van der Waals surface area contributed by atoms with Gasteiger partial charge in [-0.25, -0.2) is 8.42 Å². The summed E-state index contributed by atoms with van der Waals surface area (Å²) in [5, 5.41) is 3.34. The molecule has 0 aromatic carbocycles. The number of likely N-dealkylation sites (tertiary alicyclic amines) is 1. The van der Waals surface area contributed by atoms with Crippen LogP contribution >= 0.6 is 24.0 Å². The van der Waals surface area contributed by atoms with Gasteiger partial charge in [0, 0.05) is 26.2 Å². The highest BCUT2D eigenvalue weighted by atomic mass is 127. The fourth-order valence-electron chi connectivity index (χ4n) is 3.69. The lowest BCUT2D eigenvalue weighted by Crippen LogP contribution is -2.57. The molecule has 0 aliphatic carbocycles. The summed E-state index contributed by atoms with van der Waals surface area (Å²) in [7, 11) is -3.02. The number of hydrogen-bond acceptors (Lipinski definition) is 4. The molecule has 2 rings (SSSR count). The van der Waals surface area contributed by atoms with Gasteiger partial charge >= 0.3 is 0 Å². The van der Waals surface area contributed by atoms with Crippen molar-refractivity contribution >= 4 is 39.8 Å². The molecule has 154 valence electrons. The van der Waals surface area contributed by atoms with Gasteiger partial charge < -0.3 is 15.1 Å². The summed E-state index contributed by atoms with van der Waals surface area (Å²) in [5.74, 6) is 1.85. The van der Waals surface area contributed by atoms with Crippen LogP contribution in [0.25, 0.3) is 0 Å². The minimum Gasteiger partial charge on any atom is -0.357 e. The maximum Gasteiger partial charge on any atom is 0.193 e. The average Bonchev–Trinajstić information content (AvgIpc) is 2.57. The van der Waals surface area contributed by atoms with E-state index in [1.807, 2.05) is 13.8 Å². The number of hydrogen-bond donors (Lipinski definition) is 1. The van der Waals surface area contributed by atoms with E-state index in [2.05, 4.69) is 29.0 Å². The normalized spacial score (nSPS) is 24.2. The van der Waals surface area contributed by atoms with Gasteiger partial charge in [0.15, 0.2) is 15.8 Å². The third-order valence-electron chi connectivity index (χ3n) is 5.63. The molecule has 2 saturated heterocycles. The zero-order chi connectivity index (χ0) is 18.5. The molecule has 0 aromatic rings. The molecular weight excluding hydrogens is 463 g/mol. The van der Waals surface area contributed by atoms with Gasteiger partial charge in [-0.2, -0.15) is 0 Å². The SMILES string of the molecule is CCNC(=NCCC1CCN(CC)CC1)N1CCS(=O)(=O)C(C)(C)C1.I. The molecule has 0 unspecified atom stereocenters. The monoisotopic (exact) mass is 500 g/mol. The molecule has 8 heteroatoms. The number of rotatable bonds is 5. The number of guanidine groups is 1. The summed E-state index contributed by atoms with van der Waals surface area (Å²) in [5.41, 5.74) is 0. The van der Waals surface area contributed by atoms with Crippen LogP contribution in [-0.4, -0.2) is 80.5 Å². The van der Waals surface area contributed by atoms with E-state index in [1.54, 1.807) is 0 Å². The highest BCUT2D eigenvalue weighted by molar-refractivity contribution is 14.0. The van der Waals surface area contributed by atoms with Crippen LogP contribution in [0.4, 0.5) is 0 Å². The number of piperidine rings is 1. The van der Waals surface area contributed by atoms with Gasteiger partial charge in [0.05, 0.1) is 10.5 Å². The Hall–Kier alpha value is -0.0900. The summed E-state index contributed by atoms with van der Waals surface area (Å²) in [6.45, 7) is 14.2. The van der Waals surface area contributed by atoms with Gasteiger partial charge in [0.1, 0.15) is 0 Å². The Labute approximate surface area is 177 Å². The summed E-state index contributed by atoms with van der Waals surface area (Å²) in [6, 6.07) is 0. The average molecular weight is 500 g/mol. The second-order valence-electron chi connectivity index (χ2n) is 7.90. The Balaban J connectivity index is 0.00000338. The molecule has 2 fully saturated rings. The predicted molar refractivity (Wildman–Crippen MR) is 120 cm³/mol. The molecule has 1 N–H and O–H groups in total. The van der Waals surface area contributed by atoms with E-state index < -0.39 is 14.6 Å². The van der Waals surface area contributed by atoms with Crippen molar-refractivity contribution in [3.63, 3.8) is 0 Å². The zero-order valence-electron chi connectivity index (χ0n) is 16.8. The van der Waals surface area contributed by atoms with E-state index in [1.165, 1.54) is 25.9 Å². The maximum atomic E-state index is 12.2. The molecule has 0 spiro atoms. The van der Waals surface area contributed by atoms with Crippen molar-refractivity contribution in [3.8, 4) is 0 Å². The third-order valence-corrected chi connectivity index (χ3v) is 8.16. The Morgan fingerprint density at radius 1 is 1.19 bits per heavy atom. The first-order valence-electron chi connectivity index (χ1n) is 9.77. The van der Waals surface area contributed by atoms with Crippen LogP contribution in [0, 0.1) is 5.92 Å². The van der Waals surface area contributed by atoms with Crippen LogP contribution in [-0.2, 0) is 9.84 Å². The fourth-order valence-corrected chi connectivity index (χ4v) is 5.06. The molecule has 2 aliphatic heterocycles. The third kappa shape index (κ3) is 6.22. The summed E-state index contributed by atoms with van der Waals surface area (Å²) < 4.78 is 23.7. The van der Waals surface area contributed by atoms with Crippen molar-refractivity contribution in [1.82, 2.24) is 15.1 Å². The minimum absolute atomic E-state index is 0. The standard InChI is InChI=1S/C18H36N4O2S.HI/c1-5-19-17(22-13-14-25(23,24)18(3,4)15-22)20-10-7-16-8-11-21(6-2)12-9-16;/h16H,5-15H2,1-4H3,(H,19,20);1H. The van der Waals surface area contributed by atoms with Gasteiger partial charge in [-0.3, -0.25) is 4.99 Å². The Morgan fingerprint density at radius 3 is 2.38 bits per heavy atom. The van der Waals surface area contributed by atoms with Crippen molar-refractivity contribution < 1.29 is 8.42 Å². The lowest BCUT2D eigenvalue weighted by molar-refractivity contribution is 0.188. The molecule has 0 bridgehead atoms. The molecule has 26 heavy (non-hydrogen) atoms. The van der Waals surface area contributed by atoms with Crippen LogP contribution in [0.3, 0.4) is 0 Å². The minimum atomic E-state index is -3.02. The van der Waals surface area contributed by atoms with Crippen LogP contribution in [0.2, 0.25) is 0 Å². The molecule has 2 aliphatic rings. The number of nitrogens with zero attached hydrogens (tertiary/aromatic N) is 3. The van der Waals surface area contributed by atoms with Crippen molar-refractivity contribution in [2.45, 2.75) is 51.7 Å². The van der Waals surface area contributed by atoms with Gasteiger partial charge in [-0.1, -0.05) is 6.92 Å². The van der Waals surface area contributed by atoms with Gasteiger partial charge in [-0.15, -0.1) is 24.0 Å². The highest BCUT2D eigenvalue weighted by Gasteiger charge is 2.40. The molecule has 0 radical (unpaired) electrons. The van der Waals surface area contributed by atoms with Crippen LogP contribution in [0.1, 0.15) is 47.0 Å². The van der Waals surface area contributed by atoms with E-state index in [4.69, 9.17) is 4.99 Å². The molecule has 0 aromatic heterocycles. The largest absolute Gasteiger partial charge is 0.357 e. The van der Waals surface area contributed by atoms with Crippen LogP contribution in [0.15, 0.2) is 4.99 Å². The van der Waals surface area contributed by atoms with Gasteiger partial charge in [-0.05, 0) is 65.6 Å². The Bertz CT molecular complexity index is 558. The first-order valence-corrected chi connectivity index (χ1v) is 11.4. The molecule has 0 amide bonds. The van der Waals surface area contributed by atoms with Gasteiger partial charge in [0.2, 0.25) is 0 Å². The molecule has 0 atom stereocenters. The lowest BCUT2D eigenvalue weighted by atomic mass is 9.94. The molecule has 6 nitrogen and oxygen atoms in total. The maximum absolute atomic E-state index is 12.2. The summed E-state index contributed by atoms with van der Waals surface area (Å²) >= 11 is 0. The Morgan fingerprint density at radius 2 is 1.85 bits per heavy atom. The quantitative estimate of drug-likeness (QED) is 0.356. The van der Waals surface area contributed by atoms with Crippen LogP contribution < -0.4 is 5.32 Å². The second kappa shape index (κ2) is 10.5. The zero-order valence-corrected chi connectivity index (χ0v) is 20.0. The first-order chi connectivity index (χ1) is 11.8. The van der Waals surface area contributed by atoms with Crippen molar-refractivity contribution in [2.75, 3.05) is 51.6 Å². The predicted octanol–water partition coefficient (Wildman–Crippen LogP) is 2.20. The number of sulfone groups is 1. The van der Waals surface area contributed by atoms with Crippen molar-refractivity contribution in [3.05, 3.63) is 0 Å². The topological polar surface area (TPSA) is 65.0 Å². The number of nitrogens with one attached hydrogen (secondary N) is 1. The first kappa shape index (κ1) is 23.9. The summed E-state index contributed by atoms with van der Waals surface area (Å²) in [6.07, 6.45) is 3.67. The fraction of sp³-hybridized carbons (Fsp3) is 0.944. The molecule has 2 heterocycles. The van der Waals surface area contributed by atoms with Gasteiger partial charge in [0.25, 0.3) is 0 Å². The summed E-state index contributed by atoms with van der Waals surface area (Å²) in [4.78, 5) is 9.44. The van der Waals surface area contributed by atoms with E-state index in [0.29, 0.717) is 13.1 Å². The molecular formula is C18H37IN4O2S. The highest BCUT2D eigenvalue weighted by Crippen LogP contribution is 2.24. The van der Waals surface area contributed by atoms with E-state index in [-0.39, 0.29) is 29.7 Å².